The number of ether oxygens (including phenoxy) is 4. The van der Waals surface area contributed by atoms with Gasteiger partial charge in [-0.3, -0.25) is 9.10 Å². The van der Waals surface area contributed by atoms with Crippen molar-refractivity contribution in [1.82, 2.24) is 5.32 Å². The van der Waals surface area contributed by atoms with Crippen LogP contribution in [0.2, 0.25) is 0 Å². The molecule has 0 fully saturated rings. The Morgan fingerprint density at radius 2 is 1.65 bits per heavy atom. The van der Waals surface area contributed by atoms with Gasteiger partial charge in [-0.2, -0.15) is 0 Å². The first-order valence-corrected chi connectivity index (χ1v) is 13.3. The maximum Gasteiger partial charge on any atom is 0.264 e. The quantitative estimate of drug-likeness (QED) is 0.427. The van der Waals surface area contributed by atoms with Gasteiger partial charge in [0.1, 0.15) is 19.8 Å². The van der Waals surface area contributed by atoms with Crippen LogP contribution in [0.3, 0.4) is 0 Å². The highest BCUT2D eigenvalue weighted by Crippen LogP contribution is 2.36. The number of hydrogen-bond donors (Lipinski definition) is 1. The van der Waals surface area contributed by atoms with Crippen molar-refractivity contribution in [2.24, 2.45) is 0 Å². The number of hydrogen-bond acceptors (Lipinski definition) is 7. The number of anilines is 1. The fourth-order valence-corrected chi connectivity index (χ4v) is 5.52. The summed E-state index contributed by atoms with van der Waals surface area (Å²) in [5.74, 6) is 1.60. The number of amides is 1. The lowest BCUT2D eigenvalue weighted by molar-refractivity contribution is -0.120. The zero-order valence-corrected chi connectivity index (χ0v) is 21.8. The number of carbonyl (C=O) groups excluding carboxylic acids is 1. The van der Waals surface area contributed by atoms with E-state index >= 15 is 0 Å². The fourth-order valence-electron chi connectivity index (χ4n) is 4.08. The molecule has 37 heavy (non-hydrogen) atoms. The minimum atomic E-state index is -4.06. The minimum absolute atomic E-state index is 0.0737. The summed E-state index contributed by atoms with van der Waals surface area (Å²) >= 11 is 0. The number of carbonyl (C=O) groups is 1. The molecule has 10 heteroatoms. The Morgan fingerprint density at radius 1 is 0.946 bits per heavy atom. The van der Waals surface area contributed by atoms with Crippen molar-refractivity contribution in [2.45, 2.75) is 24.3 Å². The van der Waals surface area contributed by atoms with Gasteiger partial charge < -0.3 is 24.3 Å². The van der Waals surface area contributed by atoms with Gasteiger partial charge in [-0.1, -0.05) is 31.2 Å². The van der Waals surface area contributed by atoms with E-state index in [1.165, 1.54) is 12.1 Å². The fraction of sp³-hybridized carbons (Fsp3) is 0.296. The summed E-state index contributed by atoms with van der Waals surface area (Å²) in [7, 11) is -0.969. The molecule has 0 saturated carbocycles. The van der Waals surface area contributed by atoms with E-state index in [9.17, 15) is 13.2 Å². The lowest BCUT2D eigenvalue weighted by Gasteiger charge is -2.27. The Kier molecular flexibility index (Phi) is 8.08. The van der Waals surface area contributed by atoms with Crippen LogP contribution in [0.1, 0.15) is 24.9 Å². The first-order chi connectivity index (χ1) is 17.9. The monoisotopic (exact) mass is 526 g/mol. The van der Waals surface area contributed by atoms with E-state index in [0.717, 1.165) is 9.87 Å². The maximum absolute atomic E-state index is 13.7. The summed E-state index contributed by atoms with van der Waals surface area (Å²) in [4.78, 5) is 13.4. The molecule has 0 bridgehead atoms. The molecule has 1 N–H and O–H groups in total. The Labute approximate surface area is 217 Å². The third-order valence-electron chi connectivity index (χ3n) is 5.99. The van der Waals surface area contributed by atoms with Gasteiger partial charge in [-0.15, -0.1) is 0 Å². The van der Waals surface area contributed by atoms with Crippen LogP contribution < -0.4 is 28.6 Å². The summed E-state index contributed by atoms with van der Waals surface area (Å²) in [5, 5.41) is 2.96. The maximum atomic E-state index is 13.7. The molecule has 1 unspecified atom stereocenters. The van der Waals surface area contributed by atoms with Gasteiger partial charge in [0.25, 0.3) is 10.0 Å². The van der Waals surface area contributed by atoms with E-state index < -0.39 is 22.5 Å². The SMILES string of the molecule is CCC(NC(=O)CN(c1ccc2c(c1)OCCO2)S(=O)(=O)c1ccccc1)c1ccc(OC)c(OC)c1. The molecule has 0 aliphatic carbocycles. The van der Waals surface area contributed by atoms with Crippen molar-refractivity contribution in [2.75, 3.05) is 38.3 Å². The van der Waals surface area contributed by atoms with Crippen LogP contribution in [0.15, 0.2) is 71.6 Å². The average Bonchev–Trinajstić information content (AvgIpc) is 2.94. The van der Waals surface area contributed by atoms with Gasteiger partial charge in [0.2, 0.25) is 5.91 Å². The second-order valence-electron chi connectivity index (χ2n) is 8.30. The molecule has 0 aromatic heterocycles. The van der Waals surface area contributed by atoms with Crippen LogP contribution in [0, 0.1) is 0 Å². The molecule has 0 radical (unpaired) electrons. The van der Waals surface area contributed by atoms with Crippen molar-refractivity contribution >= 4 is 21.6 Å². The summed E-state index contributed by atoms with van der Waals surface area (Å²) < 4.78 is 50.3. The van der Waals surface area contributed by atoms with E-state index in [1.54, 1.807) is 62.8 Å². The number of sulfonamides is 1. The second kappa shape index (κ2) is 11.4. The van der Waals surface area contributed by atoms with Gasteiger partial charge in [0.15, 0.2) is 23.0 Å². The van der Waals surface area contributed by atoms with Gasteiger partial charge in [0, 0.05) is 6.07 Å². The molecular formula is C27H30N2O7S. The zero-order chi connectivity index (χ0) is 26.4. The second-order valence-corrected chi connectivity index (χ2v) is 10.2. The predicted octanol–water partition coefficient (Wildman–Crippen LogP) is 3.94. The minimum Gasteiger partial charge on any atom is -0.493 e. The molecule has 1 heterocycles. The van der Waals surface area contributed by atoms with E-state index in [0.29, 0.717) is 48.3 Å². The van der Waals surface area contributed by atoms with Crippen LogP contribution in [-0.4, -0.2) is 48.3 Å². The van der Waals surface area contributed by atoms with Crippen LogP contribution in [0.4, 0.5) is 5.69 Å². The van der Waals surface area contributed by atoms with Crippen molar-refractivity contribution in [3.05, 3.63) is 72.3 Å². The summed E-state index contributed by atoms with van der Waals surface area (Å²) in [6, 6.07) is 17.9. The highest BCUT2D eigenvalue weighted by molar-refractivity contribution is 7.92. The summed E-state index contributed by atoms with van der Waals surface area (Å²) in [5.41, 5.74) is 1.10. The molecule has 4 rings (SSSR count). The molecule has 9 nitrogen and oxygen atoms in total. The molecule has 196 valence electrons. The standard InChI is InChI=1S/C27H30N2O7S/c1-4-22(19-10-12-23(33-2)25(16-19)34-3)28-27(30)18-29(37(31,32)21-8-6-5-7-9-21)20-11-13-24-26(17-20)36-15-14-35-24/h5-13,16-17,22H,4,14-15,18H2,1-3H3,(H,28,30). The highest BCUT2D eigenvalue weighted by atomic mass is 32.2. The van der Waals surface area contributed by atoms with Crippen molar-refractivity contribution in [1.29, 1.82) is 0 Å². The largest absolute Gasteiger partial charge is 0.493 e. The van der Waals surface area contributed by atoms with Crippen LogP contribution in [0.5, 0.6) is 23.0 Å². The van der Waals surface area contributed by atoms with E-state index in [-0.39, 0.29) is 10.9 Å². The Hall–Kier alpha value is -3.92. The lowest BCUT2D eigenvalue weighted by Crippen LogP contribution is -2.42. The number of rotatable bonds is 10. The number of nitrogens with zero attached hydrogens (tertiary/aromatic N) is 1. The summed E-state index contributed by atoms with van der Waals surface area (Å²) in [6.07, 6.45) is 0.580. The Morgan fingerprint density at radius 3 is 2.32 bits per heavy atom. The molecule has 0 saturated heterocycles. The molecule has 1 amide bonds. The van der Waals surface area contributed by atoms with Crippen molar-refractivity contribution < 1.29 is 32.2 Å². The highest BCUT2D eigenvalue weighted by Gasteiger charge is 2.29. The van der Waals surface area contributed by atoms with Gasteiger partial charge >= 0.3 is 0 Å². The van der Waals surface area contributed by atoms with Crippen LogP contribution in [0.25, 0.3) is 0 Å². The molecular weight excluding hydrogens is 496 g/mol. The molecule has 3 aromatic carbocycles. The first-order valence-electron chi connectivity index (χ1n) is 11.9. The average molecular weight is 527 g/mol. The normalized spacial score (nSPS) is 13.4. The van der Waals surface area contributed by atoms with Crippen molar-refractivity contribution in [3.8, 4) is 23.0 Å². The topological polar surface area (TPSA) is 103 Å². The zero-order valence-electron chi connectivity index (χ0n) is 21.0. The number of fused-ring (bicyclic) bond motifs is 1. The lowest BCUT2D eigenvalue weighted by atomic mass is 10.0. The number of benzene rings is 3. The number of nitrogens with one attached hydrogen (secondary N) is 1. The van der Waals surface area contributed by atoms with Crippen LogP contribution in [-0.2, 0) is 14.8 Å². The van der Waals surface area contributed by atoms with E-state index in [2.05, 4.69) is 5.32 Å². The van der Waals surface area contributed by atoms with Gasteiger partial charge in [-0.25, -0.2) is 8.42 Å². The molecule has 0 spiro atoms. The smallest absolute Gasteiger partial charge is 0.264 e. The number of methoxy groups -OCH3 is 2. The van der Waals surface area contributed by atoms with Gasteiger partial charge in [0.05, 0.1) is 30.8 Å². The van der Waals surface area contributed by atoms with E-state index in [4.69, 9.17) is 18.9 Å². The van der Waals surface area contributed by atoms with Crippen molar-refractivity contribution in [3.63, 3.8) is 0 Å². The van der Waals surface area contributed by atoms with E-state index in [1.807, 2.05) is 13.0 Å². The third-order valence-corrected chi connectivity index (χ3v) is 7.77. The predicted molar refractivity (Wildman–Crippen MR) is 139 cm³/mol. The third kappa shape index (κ3) is 5.75. The van der Waals surface area contributed by atoms with Crippen LogP contribution >= 0.6 is 0 Å². The molecule has 3 aromatic rings. The Bertz CT molecular complexity index is 1350. The molecule has 1 aliphatic rings. The molecule has 1 atom stereocenters. The van der Waals surface area contributed by atoms with Gasteiger partial charge in [-0.05, 0) is 48.4 Å². The Balaban J connectivity index is 1.63. The summed E-state index contributed by atoms with van der Waals surface area (Å²) in [6.45, 7) is 2.27. The molecule has 1 aliphatic heterocycles. The first kappa shape index (κ1) is 26.2.